The molecule has 0 aliphatic heterocycles. The predicted octanol–water partition coefficient (Wildman–Crippen LogP) is 4.86. The molecule has 1 N–H and O–H groups in total. The summed E-state index contributed by atoms with van der Waals surface area (Å²) in [5.74, 6) is 0. The van der Waals surface area contributed by atoms with Crippen molar-refractivity contribution in [3.63, 3.8) is 0 Å². The number of unbranched alkanes of at least 4 members (excludes halogenated alkanes) is 1. The molecule has 1 atom stereocenters. The van der Waals surface area contributed by atoms with Gasteiger partial charge < -0.3 is 9.88 Å². The highest BCUT2D eigenvalue weighted by Crippen LogP contribution is 2.18. The van der Waals surface area contributed by atoms with Crippen LogP contribution in [-0.4, -0.2) is 10.6 Å². The first-order valence-corrected chi connectivity index (χ1v) is 7.33. The quantitative estimate of drug-likeness (QED) is 0.748. The van der Waals surface area contributed by atoms with Gasteiger partial charge in [0.1, 0.15) is 0 Å². The van der Waals surface area contributed by atoms with Crippen molar-refractivity contribution in [3.8, 4) is 5.69 Å². The molecule has 1 heterocycles. The molecule has 0 spiro atoms. The summed E-state index contributed by atoms with van der Waals surface area (Å²) in [5.41, 5.74) is 2.43. The maximum Gasteiger partial charge on any atom is 0.0469 e. The zero-order chi connectivity index (χ0) is 13.5. The summed E-state index contributed by atoms with van der Waals surface area (Å²) in [4.78, 5) is 0. The van der Waals surface area contributed by atoms with Gasteiger partial charge in [-0.3, -0.25) is 0 Å². The van der Waals surface area contributed by atoms with Gasteiger partial charge in [-0.05, 0) is 43.2 Å². The van der Waals surface area contributed by atoms with Crippen LogP contribution in [0.4, 0.5) is 5.69 Å². The van der Waals surface area contributed by atoms with Crippen LogP contribution in [0, 0.1) is 0 Å². The van der Waals surface area contributed by atoms with E-state index in [9.17, 15) is 0 Å². The average Bonchev–Trinajstić information content (AvgIpc) is 2.98. The van der Waals surface area contributed by atoms with Gasteiger partial charge >= 0.3 is 0 Å². The van der Waals surface area contributed by atoms with E-state index in [-0.39, 0.29) is 0 Å². The molecule has 0 fully saturated rings. The first kappa shape index (κ1) is 13.7. The van der Waals surface area contributed by atoms with Crippen molar-refractivity contribution in [2.75, 3.05) is 5.32 Å². The third-order valence-corrected chi connectivity index (χ3v) is 3.52. The smallest absolute Gasteiger partial charge is 0.0469 e. The Labute approximate surface area is 116 Å². The fourth-order valence-electron chi connectivity index (χ4n) is 2.33. The van der Waals surface area contributed by atoms with E-state index in [0.717, 1.165) is 0 Å². The number of rotatable bonds is 7. The van der Waals surface area contributed by atoms with E-state index in [0.29, 0.717) is 6.04 Å². The lowest BCUT2D eigenvalue weighted by atomic mass is 10.1. The summed E-state index contributed by atoms with van der Waals surface area (Å²) >= 11 is 0. The van der Waals surface area contributed by atoms with Crippen LogP contribution < -0.4 is 5.32 Å². The second kappa shape index (κ2) is 7.03. The molecule has 1 aromatic carbocycles. The highest BCUT2D eigenvalue weighted by Gasteiger charge is 2.06. The molecule has 2 aromatic rings. The van der Waals surface area contributed by atoms with E-state index in [1.165, 1.54) is 37.1 Å². The molecular weight excluding hydrogens is 232 g/mol. The molecule has 0 radical (unpaired) electrons. The lowest BCUT2D eigenvalue weighted by Gasteiger charge is -2.18. The number of aromatic nitrogens is 1. The van der Waals surface area contributed by atoms with Crippen molar-refractivity contribution in [2.24, 2.45) is 0 Å². The number of hydrogen-bond acceptors (Lipinski definition) is 1. The maximum absolute atomic E-state index is 3.65. The normalized spacial score (nSPS) is 12.3. The number of nitrogens with one attached hydrogen (secondary N) is 1. The van der Waals surface area contributed by atoms with Gasteiger partial charge in [-0.15, -0.1) is 0 Å². The first-order valence-electron chi connectivity index (χ1n) is 7.33. The van der Waals surface area contributed by atoms with Crippen molar-refractivity contribution < 1.29 is 0 Å². The Morgan fingerprint density at radius 1 is 1.11 bits per heavy atom. The molecule has 19 heavy (non-hydrogen) atoms. The fraction of sp³-hybridized carbons (Fsp3) is 0.412. The van der Waals surface area contributed by atoms with Crippen molar-refractivity contribution in [1.82, 2.24) is 4.57 Å². The van der Waals surface area contributed by atoms with Gasteiger partial charge in [-0.25, -0.2) is 0 Å². The van der Waals surface area contributed by atoms with Gasteiger partial charge in [0.2, 0.25) is 0 Å². The largest absolute Gasteiger partial charge is 0.382 e. The second-order valence-corrected chi connectivity index (χ2v) is 5.03. The summed E-state index contributed by atoms with van der Waals surface area (Å²) in [6, 6.07) is 13.3. The van der Waals surface area contributed by atoms with E-state index >= 15 is 0 Å². The molecule has 0 aliphatic carbocycles. The second-order valence-electron chi connectivity index (χ2n) is 5.03. The minimum Gasteiger partial charge on any atom is -0.382 e. The first-order chi connectivity index (χ1) is 9.33. The Balaban J connectivity index is 2.06. The Morgan fingerprint density at radius 2 is 1.89 bits per heavy atom. The maximum atomic E-state index is 3.65. The van der Waals surface area contributed by atoms with Gasteiger partial charge in [0.05, 0.1) is 0 Å². The van der Waals surface area contributed by atoms with E-state index in [1.807, 2.05) is 0 Å². The minimum absolute atomic E-state index is 0.583. The van der Waals surface area contributed by atoms with E-state index in [2.05, 4.69) is 72.5 Å². The van der Waals surface area contributed by atoms with Crippen molar-refractivity contribution >= 4 is 5.69 Å². The molecular formula is C17H24N2. The zero-order valence-corrected chi connectivity index (χ0v) is 12.0. The van der Waals surface area contributed by atoms with Gasteiger partial charge in [-0.1, -0.05) is 32.8 Å². The Bertz CT molecular complexity index is 474. The summed E-state index contributed by atoms with van der Waals surface area (Å²) in [5, 5.41) is 3.65. The van der Waals surface area contributed by atoms with E-state index in [4.69, 9.17) is 0 Å². The molecule has 2 rings (SSSR count). The Hall–Kier alpha value is -1.70. The summed E-state index contributed by atoms with van der Waals surface area (Å²) < 4.78 is 2.14. The fourth-order valence-corrected chi connectivity index (χ4v) is 2.33. The molecule has 0 saturated heterocycles. The number of anilines is 1. The van der Waals surface area contributed by atoms with E-state index < -0.39 is 0 Å². The van der Waals surface area contributed by atoms with Crippen LogP contribution in [0.5, 0.6) is 0 Å². The highest BCUT2D eigenvalue weighted by molar-refractivity contribution is 5.51. The average molecular weight is 256 g/mol. The van der Waals surface area contributed by atoms with Gasteiger partial charge in [-0.2, -0.15) is 0 Å². The van der Waals surface area contributed by atoms with Gasteiger partial charge in [0, 0.05) is 29.8 Å². The van der Waals surface area contributed by atoms with Gasteiger partial charge in [0.25, 0.3) is 0 Å². The van der Waals surface area contributed by atoms with Crippen LogP contribution in [0.1, 0.15) is 39.5 Å². The molecule has 0 saturated carbocycles. The SMILES string of the molecule is CCCCC(CC)Nc1cccc(-n2cccc2)c1. The molecule has 102 valence electrons. The van der Waals surface area contributed by atoms with Crippen LogP contribution in [0.3, 0.4) is 0 Å². The third kappa shape index (κ3) is 3.88. The van der Waals surface area contributed by atoms with Crippen molar-refractivity contribution in [3.05, 3.63) is 48.8 Å². The summed E-state index contributed by atoms with van der Waals surface area (Å²) in [7, 11) is 0. The standard InChI is InChI=1S/C17H24N2/c1-3-5-9-15(4-2)18-16-10-8-11-17(14-16)19-12-6-7-13-19/h6-8,10-15,18H,3-5,9H2,1-2H3. The van der Waals surface area contributed by atoms with Crippen LogP contribution in [0.25, 0.3) is 5.69 Å². The lowest BCUT2D eigenvalue weighted by molar-refractivity contribution is 0.593. The predicted molar refractivity (Wildman–Crippen MR) is 83.0 cm³/mol. The summed E-state index contributed by atoms with van der Waals surface area (Å²) in [6.07, 6.45) is 9.14. The summed E-state index contributed by atoms with van der Waals surface area (Å²) in [6.45, 7) is 4.50. The van der Waals surface area contributed by atoms with Crippen LogP contribution in [0.2, 0.25) is 0 Å². The Morgan fingerprint density at radius 3 is 2.58 bits per heavy atom. The van der Waals surface area contributed by atoms with Crippen molar-refractivity contribution in [2.45, 2.75) is 45.6 Å². The van der Waals surface area contributed by atoms with Crippen LogP contribution in [-0.2, 0) is 0 Å². The molecule has 1 unspecified atom stereocenters. The zero-order valence-electron chi connectivity index (χ0n) is 12.0. The lowest BCUT2D eigenvalue weighted by Crippen LogP contribution is -2.18. The Kier molecular flexibility index (Phi) is 5.08. The van der Waals surface area contributed by atoms with Crippen LogP contribution in [0.15, 0.2) is 48.8 Å². The highest BCUT2D eigenvalue weighted by atomic mass is 15.0. The monoisotopic (exact) mass is 256 g/mol. The molecule has 0 bridgehead atoms. The van der Waals surface area contributed by atoms with E-state index in [1.54, 1.807) is 0 Å². The molecule has 1 aromatic heterocycles. The molecule has 2 heteroatoms. The minimum atomic E-state index is 0.583. The van der Waals surface area contributed by atoms with Crippen LogP contribution >= 0.6 is 0 Å². The molecule has 0 aliphatic rings. The third-order valence-electron chi connectivity index (χ3n) is 3.52. The van der Waals surface area contributed by atoms with Crippen molar-refractivity contribution in [1.29, 1.82) is 0 Å². The topological polar surface area (TPSA) is 17.0 Å². The molecule has 0 amide bonds. The number of hydrogen-bond donors (Lipinski definition) is 1. The number of nitrogens with zero attached hydrogens (tertiary/aromatic N) is 1. The van der Waals surface area contributed by atoms with Gasteiger partial charge in [0.15, 0.2) is 0 Å². The molecule has 2 nitrogen and oxygen atoms in total. The number of benzene rings is 1.